The number of hydrogen-bond acceptors (Lipinski definition) is 5. The number of carbonyl (C=O) groups excluding carboxylic acids is 1. The Labute approximate surface area is 65.4 Å². The molecule has 0 unspecified atom stereocenters. The Hall–Kier alpha value is -2.13. The Kier molecular flexibility index (Phi) is 16.0. The molecular weight excluding hydrogens is 178 g/mol. The molecule has 0 spiro atoms. The van der Waals surface area contributed by atoms with Crippen LogP contribution in [0, 0.1) is 20.2 Å². The van der Waals surface area contributed by atoms with E-state index in [0.717, 1.165) is 0 Å². The molecule has 1 amide bonds. The molecule has 0 rings (SSSR count). The van der Waals surface area contributed by atoms with E-state index in [4.69, 9.17) is 30.6 Å². The number of hydrogen-bond donors (Lipinski definition) is 3. The van der Waals surface area contributed by atoms with E-state index in [2.05, 4.69) is 5.73 Å². The second-order valence-electron chi connectivity index (χ2n) is 1.09. The van der Waals surface area contributed by atoms with Gasteiger partial charge >= 0.3 is 0 Å². The minimum absolute atomic E-state index is 0.333. The third kappa shape index (κ3) is 81.9. The summed E-state index contributed by atoms with van der Waals surface area (Å²) in [4.78, 5) is 25.9. The standard InChI is InChI=1S/C2H5NO.2HNO3/c1-2(3)4;2*2-1(3)4/h1H3,(H2,3,4);2*(H,2,3,4). The third-order valence-corrected chi connectivity index (χ3v) is 0. The van der Waals surface area contributed by atoms with E-state index in [0.29, 0.717) is 0 Å². The van der Waals surface area contributed by atoms with E-state index in [-0.39, 0.29) is 5.91 Å². The highest BCUT2D eigenvalue weighted by atomic mass is 16.9. The van der Waals surface area contributed by atoms with Crippen LogP contribution in [0.2, 0.25) is 0 Å². The fourth-order valence-electron chi connectivity index (χ4n) is 0. The molecule has 10 heteroatoms. The molecule has 0 saturated carbocycles. The molecule has 0 aromatic rings. The molecular formula is C2H7N3O7. The van der Waals surface area contributed by atoms with E-state index in [9.17, 15) is 4.79 Å². The van der Waals surface area contributed by atoms with Crippen molar-refractivity contribution in [2.75, 3.05) is 0 Å². The van der Waals surface area contributed by atoms with E-state index in [1.165, 1.54) is 6.92 Å². The molecule has 0 saturated heterocycles. The summed E-state index contributed by atoms with van der Waals surface area (Å²) >= 11 is 0. The molecule has 0 bridgehead atoms. The highest BCUT2D eigenvalue weighted by molar-refractivity contribution is 5.70. The van der Waals surface area contributed by atoms with Gasteiger partial charge in [0.25, 0.3) is 10.2 Å². The van der Waals surface area contributed by atoms with Crippen LogP contribution in [-0.4, -0.2) is 26.5 Å². The Balaban J connectivity index is -0.000000101. The maximum absolute atomic E-state index is 9.22. The maximum Gasteiger partial charge on any atom is 0.291 e. The topological polar surface area (TPSA) is 170 Å². The van der Waals surface area contributed by atoms with Crippen molar-refractivity contribution in [3.05, 3.63) is 20.2 Å². The third-order valence-electron chi connectivity index (χ3n) is 0. The van der Waals surface area contributed by atoms with Crippen molar-refractivity contribution in [1.29, 1.82) is 0 Å². The molecule has 0 aliphatic carbocycles. The Morgan fingerprint density at radius 1 is 1.25 bits per heavy atom. The van der Waals surface area contributed by atoms with Gasteiger partial charge in [-0.2, -0.15) is 0 Å². The summed E-state index contributed by atoms with van der Waals surface area (Å²) in [6.45, 7) is 1.31. The number of nitrogens with zero attached hydrogens (tertiary/aromatic N) is 2. The van der Waals surface area contributed by atoms with Crippen LogP contribution in [0.15, 0.2) is 0 Å². The van der Waals surface area contributed by atoms with Gasteiger partial charge < -0.3 is 16.1 Å². The van der Waals surface area contributed by atoms with Crippen molar-refractivity contribution in [3.63, 3.8) is 0 Å². The summed E-state index contributed by atoms with van der Waals surface area (Å²) in [5.41, 5.74) is 4.47. The molecule has 72 valence electrons. The molecule has 0 fully saturated rings. The quantitative estimate of drug-likeness (QED) is 0.314. The van der Waals surface area contributed by atoms with E-state index in [1.54, 1.807) is 0 Å². The zero-order chi connectivity index (χ0) is 10.7. The van der Waals surface area contributed by atoms with Crippen molar-refractivity contribution >= 4 is 5.91 Å². The SMILES string of the molecule is CC(N)=O.O=[N+]([O-])O.O=[N+]([O-])O. The second kappa shape index (κ2) is 11.6. The van der Waals surface area contributed by atoms with Crippen LogP contribution in [-0.2, 0) is 4.79 Å². The van der Waals surface area contributed by atoms with Gasteiger partial charge in [0.1, 0.15) is 0 Å². The number of amides is 1. The first kappa shape index (κ1) is 16.5. The van der Waals surface area contributed by atoms with Gasteiger partial charge in [-0.3, -0.25) is 4.79 Å². The normalized spacial score (nSPS) is 6.08. The van der Waals surface area contributed by atoms with E-state index >= 15 is 0 Å². The Bertz CT molecular complexity index is 114. The highest BCUT2D eigenvalue weighted by Gasteiger charge is 1.65. The summed E-state index contributed by atoms with van der Waals surface area (Å²) in [6, 6.07) is 0. The van der Waals surface area contributed by atoms with Gasteiger partial charge in [-0.15, -0.1) is 20.2 Å². The minimum Gasteiger partial charge on any atom is -0.370 e. The lowest BCUT2D eigenvalue weighted by molar-refractivity contribution is -0.742. The molecule has 0 aliphatic heterocycles. The lowest BCUT2D eigenvalue weighted by Gasteiger charge is -1.60. The fraction of sp³-hybridized carbons (Fsp3) is 0.500. The lowest BCUT2D eigenvalue weighted by Crippen LogP contribution is -2.01. The van der Waals surface area contributed by atoms with Crippen molar-refractivity contribution in [2.24, 2.45) is 5.73 Å². The summed E-state index contributed by atoms with van der Waals surface area (Å²) < 4.78 is 0. The maximum atomic E-state index is 9.22. The molecule has 12 heavy (non-hydrogen) atoms. The van der Waals surface area contributed by atoms with Gasteiger partial charge in [0.2, 0.25) is 5.91 Å². The van der Waals surface area contributed by atoms with Crippen molar-refractivity contribution in [1.82, 2.24) is 0 Å². The molecule has 10 nitrogen and oxygen atoms in total. The summed E-state index contributed by atoms with van der Waals surface area (Å²) in [5.74, 6) is -0.333. The molecule has 0 radical (unpaired) electrons. The van der Waals surface area contributed by atoms with Gasteiger partial charge in [0.05, 0.1) is 0 Å². The number of rotatable bonds is 0. The summed E-state index contributed by atoms with van der Waals surface area (Å²) in [7, 11) is 0. The van der Waals surface area contributed by atoms with Gasteiger partial charge in [-0.05, 0) is 0 Å². The average Bonchev–Trinajstić information content (AvgIpc) is 1.54. The monoisotopic (exact) mass is 185 g/mol. The van der Waals surface area contributed by atoms with E-state index < -0.39 is 10.2 Å². The second-order valence-corrected chi connectivity index (χ2v) is 1.09. The van der Waals surface area contributed by atoms with Crippen LogP contribution in [0.1, 0.15) is 6.92 Å². The van der Waals surface area contributed by atoms with Crippen LogP contribution >= 0.6 is 0 Å². The van der Waals surface area contributed by atoms with Gasteiger partial charge in [0, 0.05) is 6.92 Å². The molecule has 4 N–H and O–H groups in total. The zero-order valence-corrected chi connectivity index (χ0v) is 5.91. The van der Waals surface area contributed by atoms with Crippen molar-refractivity contribution in [3.8, 4) is 0 Å². The molecule has 0 aromatic carbocycles. The van der Waals surface area contributed by atoms with Crippen LogP contribution in [0.3, 0.4) is 0 Å². The minimum atomic E-state index is -1.50. The highest BCUT2D eigenvalue weighted by Crippen LogP contribution is 1.38. The first-order valence-electron chi connectivity index (χ1n) is 2.12. The van der Waals surface area contributed by atoms with Gasteiger partial charge in [-0.1, -0.05) is 0 Å². The predicted molar refractivity (Wildman–Crippen MR) is 32.4 cm³/mol. The predicted octanol–water partition coefficient (Wildman–Crippen LogP) is -1.20. The first-order chi connectivity index (χ1) is 5.20. The fourth-order valence-corrected chi connectivity index (χ4v) is 0. The Morgan fingerprint density at radius 2 is 1.25 bits per heavy atom. The Morgan fingerprint density at radius 3 is 1.25 bits per heavy atom. The van der Waals surface area contributed by atoms with Gasteiger partial charge in [-0.25, -0.2) is 0 Å². The molecule has 0 aromatic heterocycles. The smallest absolute Gasteiger partial charge is 0.291 e. The zero-order valence-electron chi connectivity index (χ0n) is 5.91. The summed E-state index contributed by atoms with van der Waals surface area (Å²) in [5, 5.41) is 27.3. The van der Waals surface area contributed by atoms with Crippen LogP contribution in [0.5, 0.6) is 0 Å². The lowest BCUT2D eigenvalue weighted by atomic mass is 10.8. The van der Waals surface area contributed by atoms with Crippen molar-refractivity contribution in [2.45, 2.75) is 6.92 Å². The van der Waals surface area contributed by atoms with Crippen LogP contribution in [0.25, 0.3) is 0 Å². The average molecular weight is 185 g/mol. The number of primary amides is 1. The molecule has 0 atom stereocenters. The van der Waals surface area contributed by atoms with Crippen LogP contribution in [0.4, 0.5) is 0 Å². The van der Waals surface area contributed by atoms with Gasteiger partial charge in [0.15, 0.2) is 0 Å². The molecule has 0 aliphatic rings. The first-order valence-corrected chi connectivity index (χ1v) is 2.12. The van der Waals surface area contributed by atoms with E-state index in [1.807, 2.05) is 0 Å². The number of nitrogens with two attached hydrogens (primary N) is 1. The van der Waals surface area contributed by atoms with Crippen molar-refractivity contribution < 1.29 is 25.4 Å². The number of carbonyl (C=O) groups is 1. The summed E-state index contributed by atoms with van der Waals surface area (Å²) in [6.07, 6.45) is 0. The van der Waals surface area contributed by atoms with Crippen LogP contribution < -0.4 is 5.73 Å². The largest absolute Gasteiger partial charge is 0.370 e. The molecule has 0 heterocycles.